The van der Waals surface area contributed by atoms with Crippen LogP contribution < -0.4 is 5.56 Å². The molecule has 1 aliphatic carbocycles. The fourth-order valence-electron chi connectivity index (χ4n) is 3.15. The number of aryl methyl sites for hydroxylation is 1. The average Bonchev–Trinajstić information content (AvgIpc) is 3.16. The Morgan fingerprint density at radius 3 is 3.13 bits per heavy atom. The van der Waals surface area contributed by atoms with E-state index in [9.17, 15) is 9.59 Å². The molecule has 0 saturated heterocycles. The molecule has 0 radical (unpaired) electrons. The number of rotatable bonds is 3. The third-order valence-electron chi connectivity index (χ3n) is 4.39. The van der Waals surface area contributed by atoms with Gasteiger partial charge in [0.15, 0.2) is 5.78 Å². The summed E-state index contributed by atoms with van der Waals surface area (Å²) < 4.78 is 1.45. The van der Waals surface area contributed by atoms with Crippen LogP contribution in [0.5, 0.6) is 0 Å². The zero-order valence-electron chi connectivity index (χ0n) is 12.7. The highest BCUT2D eigenvalue weighted by atomic mass is 32.1. The number of nitrogens with zero attached hydrogens (tertiary/aromatic N) is 2. The van der Waals surface area contributed by atoms with E-state index in [0.717, 1.165) is 29.5 Å². The number of aromatic nitrogens is 2. The molecule has 4 rings (SSSR count). The SMILES string of the molecule is C[C@H]1CCc2c(sc3ncn(CC(=O)c4cccs4)c(=O)c23)C1. The maximum Gasteiger partial charge on any atom is 0.262 e. The largest absolute Gasteiger partial charge is 0.291 e. The summed E-state index contributed by atoms with van der Waals surface area (Å²) in [5, 5.41) is 2.60. The van der Waals surface area contributed by atoms with Crippen LogP contribution >= 0.6 is 22.7 Å². The van der Waals surface area contributed by atoms with Crippen molar-refractivity contribution >= 4 is 38.7 Å². The fraction of sp³-hybridized carbons (Fsp3) is 0.353. The van der Waals surface area contributed by atoms with E-state index in [1.54, 1.807) is 17.4 Å². The van der Waals surface area contributed by atoms with Crippen LogP contribution in [0.2, 0.25) is 0 Å². The molecule has 0 saturated carbocycles. The second-order valence-corrected chi connectivity index (χ2v) is 8.14. The maximum absolute atomic E-state index is 12.8. The smallest absolute Gasteiger partial charge is 0.262 e. The molecule has 0 aliphatic heterocycles. The number of thiophene rings is 2. The molecule has 0 fully saturated rings. The maximum atomic E-state index is 12.8. The molecule has 0 unspecified atom stereocenters. The zero-order chi connectivity index (χ0) is 16.0. The van der Waals surface area contributed by atoms with Crippen molar-refractivity contribution in [2.45, 2.75) is 32.7 Å². The summed E-state index contributed by atoms with van der Waals surface area (Å²) >= 11 is 3.04. The van der Waals surface area contributed by atoms with Gasteiger partial charge in [-0.25, -0.2) is 4.98 Å². The molecule has 3 aromatic heterocycles. The lowest BCUT2D eigenvalue weighted by molar-refractivity contribution is 0.0974. The van der Waals surface area contributed by atoms with Crippen molar-refractivity contribution in [3.05, 3.63) is 49.5 Å². The van der Waals surface area contributed by atoms with E-state index in [4.69, 9.17) is 0 Å². The van der Waals surface area contributed by atoms with Gasteiger partial charge in [0.25, 0.3) is 5.56 Å². The molecular formula is C17H16N2O2S2. The number of hydrogen-bond donors (Lipinski definition) is 0. The molecule has 0 spiro atoms. The molecule has 23 heavy (non-hydrogen) atoms. The standard InChI is InChI=1S/C17H16N2O2S2/c1-10-4-5-11-14(7-10)23-16-15(11)17(21)19(9-18-16)8-12(20)13-3-2-6-22-13/h2-3,6,9-10H,4-5,7-8H2,1H3/t10-/m0/s1. The third kappa shape index (κ3) is 2.56. The molecule has 0 amide bonds. The quantitative estimate of drug-likeness (QED) is 0.683. The number of carbonyl (C=O) groups excluding carboxylic acids is 1. The molecule has 0 bridgehead atoms. The van der Waals surface area contributed by atoms with Gasteiger partial charge in [0.1, 0.15) is 4.83 Å². The predicted molar refractivity (Wildman–Crippen MR) is 93.7 cm³/mol. The van der Waals surface area contributed by atoms with Gasteiger partial charge in [0.2, 0.25) is 0 Å². The molecule has 3 heterocycles. The van der Waals surface area contributed by atoms with Gasteiger partial charge in [-0.1, -0.05) is 13.0 Å². The monoisotopic (exact) mass is 344 g/mol. The van der Waals surface area contributed by atoms with Crippen molar-refractivity contribution in [3.63, 3.8) is 0 Å². The summed E-state index contributed by atoms with van der Waals surface area (Å²) in [6.45, 7) is 2.31. The van der Waals surface area contributed by atoms with Crippen LogP contribution in [-0.4, -0.2) is 15.3 Å². The Morgan fingerprint density at radius 2 is 2.35 bits per heavy atom. The summed E-state index contributed by atoms with van der Waals surface area (Å²) in [5.41, 5.74) is 1.09. The minimum Gasteiger partial charge on any atom is -0.291 e. The molecule has 6 heteroatoms. The van der Waals surface area contributed by atoms with E-state index in [-0.39, 0.29) is 17.9 Å². The summed E-state index contributed by atoms with van der Waals surface area (Å²) in [7, 11) is 0. The van der Waals surface area contributed by atoms with Crippen LogP contribution in [0.1, 0.15) is 33.5 Å². The number of fused-ring (bicyclic) bond motifs is 3. The van der Waals surface area contributed by atoms with Gasteiger partial charge in [-0.05, 0) is 42.2 Å². The van der Waals surface area contributed by atoms with Gasteiger partial charge in [0.05, 0.1) is 23.1 Å². The lowest BCUT2D eigenvalue weighted by Crippen LogP contribution is -2.25. The van der Waals surface area contributed by atoms with E-state index in [0.29, 0.717) is 10.8 Å². The van der Waals surface area contributed by atoms with Crippen LogP contribution in [0.15, 0.2) is 28.6 Å². The average molecular weight is 344 g/mol. The summed E-state index contributed by atoms with van der Waals surface area (Å²) in [4.78, 5) is 32.3. The summed E-state index contributed by atoms with van der Waals surface area (Å²) in [6, 6.07) is 3.64. The predicted octanol–water partition coefficient (Wildman–Crippen LogP) is 3.53. The fourth-order valence-corrected chi connectivity index (χ4v) is 5.15. The molecule has 4 nitrogen and oxygen atoms in total. The van der Waals surface area contributed by atoms with E-state index in [2.05, 4.69) is 11.9 Å². The lowest BCUT2D eigenvalue weighted by Gasteiger charge is -2.17. The molecule has 1 aliphatic rings. The third-order valence-corrected chi connectivity index (χ3v) is 6.47. The molecule has 3 aromatic rings. The van der Waals surface area contributed by atoms with Gasteiger partial charge in [-0.3, -0.25) is 14.2 Å². The van der Waals surface area contributed by atoms with E-state index < -0.39 is 0 Å². The minimum absolute atomic E-state index is 0.0408. The van der Waals surface area contributed by atoms with Crippen LogP contribution in [-0.2, 0) is 19.4 Å². The number of carbonyl (C=O) groups is 1. The van der Waals surface area contributed by atoms with Crippen molar-refractivity contribution in [2.75, 3.05) is 0 Å². The van der Waals surface area contributed by atoms with Crippen LogP contribution in [0.3, 0.4) is 0 Å². The Labute approximate surface area is 141 Å². The Bertz CT molecular complexity index is 938. The highest BCUT2D eigenvalue weighted by Crippen LogP contribution is 2.35. The zero-order valence-corrected chi connectivity index (χ0v) is 14.4. The number of hydrogen-bond acceptors (Lipinski definition) is 5. The van der Waals surface area contributed by atoms with Crippen molar-refractivity contribution in [1.29, 1.82) is 0 Å². The molecule has 118 valence electrons. The van der Waals surface area contributed by atoms with E-state index in [1.165, 1.54) is 32.7 Å². The first-order chi connectivity index (χ1) is 11.1. The van der Waals surface area contributed by atoms with Gasteiger partial charge in [-0.2, -0.15) is 0 Å². The van der Waals surface area contributed by atoms with Crippen LogP contribution in [0, 0.1) is 5.92 Å². The minimum atomic E-state index is -0.0769. The van der Waals surface area contributed by atoms with Crippen molar-refractivity contribution < 1.29 is 4.79 Å². The summed E-state index contributed by atoms with van der Waals surface area (Å²) in [6.07, 6.45) is 4.60. The second-order valence-electron chi connectivity index (χ2n) is 6.11. The first-order valence-corrected chi connectivity index (χ1v) is 9.39. The van der Waals surface area contributed by atoms with Gasteiger partial charge in [0, 0.05) is 4.88 Å². The first-order valence-electron chi connectivity index (χ1n) is 7.70. The van der Waals surface area contributed by atoms with Gasteiger partial charge < -0.3 is 0 Å². The number of Topliss-reactive ketones (excluding diaryl/α,β-unsaturated/α-hetero) is 1. The van der Waals surface area contributed by atoms with E-state index >= 15 is 0 Å². The van der Waals surface area contributed by atoms with Crippen LogP contribution in [0.4, 0.5) is 0 Å². The summed E-state index contributed by atoms with van der Waals surface area (Å²) in [5.74, 6) is 0.624. The van der Waals surface area contributed by atoms with Crippen molar-refractivity contribution in [1.82, 2.24) is 9.55 Å². The Kier molecular flexibility index (Phi) is 3.66. The highest BCUT2D eigenvalue weighted by molar-refractivity contribution is 7.18. The Morgan fingerprint density at radius 1 is 1.48 bits per heavy atom. The Hall–Kier alpha value is -1.79. The lowest BCUT2D eigenvalue weighted by atomic mass is 9.89. The normalized spacial score (nSPS) is 17.3. The number of ketones is 1. The van der Waals surface area contributed by atoms with Crippen molar-refractivity contribution in [2.24, 2.45) is 5.92 Å². The molecule has 0 N–H and O–H groups in total. The van der Waals surface area contributed by atoms with Gasteiger partial charge >= 0.3 is 0 Å². The van der Waals surface area contributed by atoms with E-state index in [1.807, 2.05) is 11.4 Å². The van der Waals surface area contributed by atoms with Crippen molar-refractivity contribution in [3.8, 4) is 0 Å². The highest BCUT2D eigenvalue weighted by Gasteiger charge is 2.23. The van der Waals surface area contributed by atoms with Crippen LogP contribution in [0.25, 0.3) is 10.2 Å². The molecule has 0 aromatic carbocycles. The van der Waals surface area contributed by atoms with Gasteiger partial charge in [-0.15, -0.1) is 22.7 Å². The molecular weight excluding hydrogens is 328 g/mol. The first kappa shape index (κ1) is 14.8. The Balaban J connectivity index is 1.76. The second kappa shape index (κ2) is 5.69. The topological polar surface area (TPSA) is 52.0 Å². The molecule has 1 atom stereocenters.